The molecule has 1 atom stereocenters. The number of aryl methyl sites for hydroxylation is 3. The van der Waals surface area contributed by atoms with E-state index in [2.05, 4.69) is 60.3 Å². The maximum atomic E-state index is 6.31. The van der Waals surface area contributed by atoms with Gasteiger partial charge in [-0.2, -0.15) is 0 Å². The fraction of sp³-hybridized carbons (Fsp3) is 0.286. The molecule has 0 bridgehead atoms. The van der Waals surface area contributed by atoms with Crippen LogP contribution in [0.4, 0.5) is 0 Å². The molecule has 0 aliphatic carbocycles. The summed E-state index contributed by atoms with van der Waals surface area (Å²) in [6.07, 6.45) is 0. The van der Waals surface area contributed by atoms with Crippen molar-refractivity contribution in [3.05, 3.63) is 55.2 Å². The van der Waals surface area contributed by atoms with Gasteiger partial charge in [-0.3, -0.25) is 0 Å². The molecule has 17 heavy (non-hydrogen) atoms. The van der Waals surface area contributed by atoms with E-state index in [1.54, 1.807) is 11.3 Å². The lowest BCUT2D eigenvalue weighted by molar-refractivity contribution is 0.871. The third kappa shape index (κ3) is 2.62. The predicted octanol–water partition coefficient (Wildman–Crippen LogP) is 4.48. The number of nitrogens with two attached hydrogens (primary N) is 1. The molecule has 1 aromatic heterocycles. The first-order valence-electron chi connectivity index (χ1n) is 5.56. The van der Waals surface area contributed by atoms with Gasteiger partial charge in [0, 0.05) is 9.35 Å². The van der Waals surface area contributed by atoms with Crippen LogP contribution in [-0.4, -0.2) is 0 Å². The van der Waals surface area contributed by atoms with Crippen LogP contribution in [0.5, 0.6) is 0 Å². The van der Waals surface area contributed by atoms with E-state index in [0.717, 1.165) is 0 Å². The van der Waals surface area contributed by atoms with Crippen LogP contribution in [0.2, 0.25) is 0 Å². The topological polar surface area (TPSA) is 26.0 Å². The number of benzene rings is 1. The Kier molecular flexibility index (Phi) is 3.71. The van der Waals surface area contributed by atoms with Crippen LogP contribution in [0.1, 0.15) is 33.2 Å². The zero-order valence-electron chi connectivity index (χ0n) is 10.3. The molecule has 3 heteroatoms. The normalized spacial score (nSPS) is 12.8. The van der Waals surface area contributed by atoms with E-state index in [0.29, 0.717) is 0 Å². The smallest absolute Gasteiger partial charge is 0.0560 e. The molecule has 1 nitrogen and oxygen atoms in total. The third-order valence-corrected chi connectivity index (χ3v) is 5.06. The zero-order chi connectivity index (χ0) is 12.6. The molecule has 0 fully saturated rings. The van der Waals surface area contributed by atoms with Gasteiger partial charge < -0.3 is 5.73 Å². The van der Waals surface area contributed by atoms with E-state index >= 15 is 0 Å². The molecule has 2 N–H and O–H groups in total. The standard InChI is InChI=1S/C14H16BrNS/c1-8-4-11(5-9(2)13(8)15)14(16)12-6-10(3)17-7-12/h4-7,14H,16H2,1-3H3. The second-order valence-corrected chi connectivity index (χ2v) is 6.35. The van der Waals surface area contributed by atoms with Crippen LogP contribution in [0.25, 0.3) is 0 Å². The van der Waals surface area contributed by atoms with Crippen molar-refractivity contribution in [3.63, 3.8) is 0 Å². The van der Waals surface area contributed by atoms with Crippen LogP contribution in [-0.2, 0) is 0 Å². The van der Waals surface area contributed by atoms with E-state index in [9.17, 15) is 0 Å². The Morgan fingerprint density at radius 1 is 1.06 bits per heavy atom. The highest BCUT2D eigenvalue weighted by atomic mass is 79.9. The molecule has 90 valence electrons. The molecule has 2 rings (SSSR count). The van der Waals surface area contributed by atoms with Crippen molar-refractivity contribution in [2.24, 2.45) is 5.73 Å². The predicted molar refractivity (Wildman–Crippen MR) is 78.7 cm³/mol. The van der Waals surface area contributed by atoms with Crippen molar-refractivity contribution in [2.45, 2.75) is 26.8 Å². The molecular weight excluding hydrogens is 294 g/mol. The average Bonchev–Trinajstić information content (AvgIpc) is 2.71. The summed E-state index contributed by atoms with van der Waals surface area (Å²) in [5.74, 6) is 0. The lowest BCUT2D eigenvalue weighted by Gasteiger charge is -2.14. The first kappa shape index (κ1) is 12.8. The Morgan fingerprint density at radius 3 is 2.12 bits per heavy atom. The maximum Gasteiger partial charge on any atom is 0.0560 e. The highest BCUT2D eigenvalue weighted by molar-refractivity contribution is 9.10. The van der Waals surface area contributed by atoms with Crippen molar-refractivity contribution < 1.29 is 0 Å². The van der Waals surface area contributed by atoms with Crippen molar-refractivity contribution in [1.29, 1.82) is 0 Å². The Hall–Kier alpha value is -0.640. The Labute approximate surface area is 115 Å². The largest absolute Gasteiger partial charge is 0.320 e. The Balaban J connectivity index is 2.41. The molecule has 0 aliphatic rings. The van der Waals surface area contributed by atoms with Gasteiger partial charge in [0.05, 0.1) is 6.04 Å². The summed E-state index contributed by atoms with van der Waals surface area (Å²) in [5, 5.41) is 2.15. The minimum Gasteiger partial charge on any atom is -0.320 e. The van der Waals surface area contributed by atoms with Gasteiger partial charge in [0.2, 0.25) is 0 Å². The van der Waals surface area contributed by atoms with Gasteiger partial charge in [0.15, 0.2) is 0 Å². The van der Waals surface area contributed by atoms with Gasteiger partial charge in [0.1, 0.15) is 0 Å². The molecule has 0 saturated heterocycles. The summed E-state index contributed by atoms with van der Waals surface area (Å²) in [6, 6.07) is 6.47. The summed E-state index contributed by atoms with van der Waals surface area (Å²) in [7, 11) is 0. The second kappa shape index (κ2) is 4.92. The van der Waals surface area contributed by atoms with Gasteiger partial charge in [-0.1, -0.05) is 28.1 Å². The number of hydrogen-bond acceptors (Lipinski definition) is 2. The SMILES string of the molecule is Cc1cc(C(N)c2cc(C)c(Br)c(C)c2)cs1. The molecule has 2 aromatic rings. The van der Waals surface area contributed by atoms with Crippen LogP contribution >= 0.6 is 27.3 Å². The highest BCUT2D eigenvalue weighted by Gasteiger charge is 2.12. The molecule has 1 unspecified atom stereocenters. The Morgan fingerprint density at radius 2 is 1.65 bits per heavy atom. The van der Waals surface area contributed by atoms with Crippen LogP contribution in [0.3, 0.4) is 0 Å². The molecule has 0 saturated carbocycles. The number of halogens is 1. The molecular formula is C14H16BrNS. The van der Waals surface area contributed by atoms with Crippen molar-refractivity contribution in [3.8, 4) is 0 Å². The molecule has 0 amide bonds. The first-order chi connectivity index (χ1) is 7.99. The van der Waals surface area contributed by atoms with Crippen LogP contribution in [0, 0.1) is 20.8 Å². The van der Waals surface area contributed by atoms with E-state index in [4.69, 9.17) is 5.73 Å². The lowest BCUT2D eigenvalue weighted by Crippen LogP contribution is -2.11. The molecule has 0 radical (unpaired) electrons. The fourth-order valence-electron chi connectivity index (χ4n) is 1.98. The molecule has 0 aliphatic heterocycles. The molecule has 0 spiro atoms. The molecule has 1 aromatic carbocycles. The Bertz CT molecular complexity index is 522. The summed E-state index contributed by atoms with van der Waals surface area (Å²) in [5.41, 5.74) is 11.2. The highest BCUT2D eigenvalue weighted by Crippen LogP contribution is 2.29. The van der Waals surface area contributed by atoms with E-state index in [-0.39, 0.29) is 6.04 Å². The van der Waals surface area contributed by atoms with Gasteiger partial charge in [0.25, 0.3) is 0 Å². The fourth-order valence-corrected chi connectivity index (χ4v) is 2.95. The van der Waals surface area contributed by atoms with E-state index in [1.807, 2.05) is 0 Å². The molecule has 1 heterocycles. The maximum absolute atomic E-state index is 6.31. The van der Waals surface area contributed by atoms with E-state index < -0.39 is 0 Å². The number of thiophene rings is 1. The zero-order valence-corrected chi connectivity index (χ0v) is 12.7. The lowest BCUT2D eigenvalue weighted by atomic mass is 9.98. The number of hydrogen-bond donors (Lipinski definition) is 1. The van der Waals surface area contributed by atoms with Crippen LogP contribution < -0.4 is 5.73 Å². The van der Waals surface area contributed by atoms with Crippen molar-refractivity contribution in [1.82, 2.24) is 0 Å². The summed E-state index contributed by atoms with van der Waals surface area (Å²) < 4.78 is 1.18. The van der Waals surface area contributed by atoms with Gasteiger partial charge in [-0.25, -0.2) is 0 Å². The minimum absolute atomic E-state index is 0.0227. The minimum atomic E-state index is -0.0227. The third-order valence-electron chi connectivity index (χ3n) is 2.93. The van der Waals surface area contributed by atoms with Crippen molar-refractivity contribution in [2.75, 3.05) is 0 Å². The van der Waals surface area contributed by atoms with E-state index in [1.165, 1.54) is 31.6 Å². The average molecular weight is 310 g/mol. The monoisotopic (exact) mass is 309 g/mol. The van der Waals surface area contributed by atoms with Crippen molar-refractivity contribution >= 4 is 27.3 Å². The van der Waals surface area contributed by atoms with Gasteiger partial charge in [-0.15, -0.1) is 11.3 Å². The summed E-state index contributed by atoms with van der Waals surface area (Å²) in [6.45, 7) is 6.32. The quantitative estimate of drug-likeness (QED) is 0.869. The second-order valence-electron chi connectivity index (χ2n) is 4.44. The van der Waals surface area contributed by atoms with Crippen LogP contribution in [0.15, 0.2) is 28.1 Å². The first-order valence-corrected chi connectivity index (χ1v) is 7.23. The summed E-state index contributed by atoms with van der Waals surface area (Å²) >= 11 is 5.33. The number of rotatable bonds is 2. The summed E-state index contributed by atoms with van der Waals surface area (Å²) in [4.78, 5) is 1.31. The van der Waals surface area contributed by atoms with Gasteiger partial charge in [-0.05, 0) is 54.5 Å². The van der Waals surface area contributed by atoms with Gasteiger partial charge >= 0.3 is 0 Å².